The Balaban J connectivity index is 3.57. The minimum absolute atomic E-state index is 0.0122. The van der Waals surface area contributed by atoms with Gasteiger partial charge >= 0.3 is 0 Å². The molecule has 0 aliphatic carbocycles. The Bertz CT molecular complexity index is 149. The first-order valence-electron chi connectivity index (χ1n) is 4.74. The van der Waals surface area contributed by atoms with Crippen LogP contribution >= 0.6 is 0 Å². The van der Waals surface area contributed by atoms with Gasteiger partial charge < -0.3 is 15.7 Å². The van der Waals surface area contributed by atoms with Crippen LogP contribution in [0.4, 0.5) is 0 Å². The van der Waals surface area contributed by atoms with E-state index in [1.165, 1.54) is 0 Å². The zero-order valence-electron chi connectivity index (χ0n) is 8.63. The Labute approximate surface area is 79.7 Å². The van der Waals surface area contributed by atoms with Crippen LogP contribution in [0.15, 0.2) is 0 Å². The van der Waals surface area contributed by atoms with Gasteiger partial charge in [0.15, 0.2) is 0 Å². The van der Waals surface area contributed by atoms with Crippen LogP contribution in [-0.2, 0) is 4.79 Å². The van der Waals surface area contributed by atoms with Gasteiger partial charge in [0.2, 0.25) is 5.91 Å². The molecule has 0 heterocycles. The van der Waals surface area contributed by atoms with Crippen LogP contribution in [0.5, 0.6) is 0 Å². The van der Waals surface area contributed by atoms with Gasteiger partial charge in [-0.2, -0.15) is 0 Å². The Morgan fingerprint density at radius 1 is 1.38 bits per heavy atom. The summed E-state index contributed by atoms with van der Waals surface area (Å²) in [5.74, 6) is -0.0550. The monoisotopic (exact) mass is 188 g/mol. The third kappa shape index (κ3) is 6.54. The van der Waals surface area contributed by atoms with E-state index in [1.54, 1.807) is 6.92 Å². The molecule has 78 valence electrons. The number of aliphatic hydroxyl groups is 1. The van der Waals surface area contributed by atoms with Gasteiger partial charge in [-0.05, 0) is 13.5 Å². The van der Waals surface area contributed by atoms with Crippen molar-refractivity contribution in [3.05, 3.63) is 0 Å². The quantitative estimate of drug-likeness (QED) is 0.537. The summed E-state index contributed by atoms with van der Waals surface area (Å²) in [6, 6.07) is 0. The Kier molecular flexibility index (Phi) is 6.54. The van der Waals surface area contributed by atoms with Crippen molar-refractivity contribution in [3.8, 4) is 0 Å². The fourth-order valence-electron chi connectivity index (χ4n) is 0.876. The van der Waals surface area contributed by atoms with Gasteiger partial charge in [-0.1, -0.05) is 13.8 Å². The molecule has 13 heavy (non-hydrogen) atoms. The smallest absolute Gasteiger partial charge is 0.224 e. The van der Waals surface area contributed by atoms with E-state index >= 15 is 0 Å². The van der Waals surface area contributed by atoms with Crippen molar-refractivity contribution in [2.24, 2.45) is 5.92 Å². The summed E-state index contributed by atoms with van der Waals surface area (Å²) in [7, 11) is 0. The minimum atomic E-state index is -0.477. The molecule has 0 aliphatic heterocycles. The molecule has 2 atom stereocenters. The van der Waals surface area contributed by atoms with Crippen molar-refractivity contribution in [2.45, 2.75) is 26.9 Å². The van der Waals surface area contributed by atoms with Crippen molar-refractivity contribution in [2.75, 3.05) is 19.6 Å². The average molecular weight is 188 g/mol. The predicted octanol–water partition coefficient (Wildman–Crippen LogP) is -0.271. The van der Waals surface area contributed by atoms with Crippen LogP contribution in [0.3, 0.4) is 0 Å². The van der Waals surface area contributed by atoms with Crippen molar-refractivity contribution in [3.63, 3.8) is 0 Å². The third-order valence-corrected chi connectivity index (χ3v) is 1.72. The summed E-state index contributed by atoms with van der Waals surface area (Å²) in [6.07, 6.45) is -0.477. The highest BCUT2D eigenvalue weighted by Crippen LogP contribution is 1.92. The molecule has 0 aromatic heterocycles. The van der Waals surface area contributed by atoms with Crippen molar-refractivity contribution < 1.29 is 9.90 Å². The minimum Gasteiger partial charge on any atom is -0.392 e. The zero-order valence-corrected chi connectivity index (χ0v) is 8.63. The lowest BCUT2D eigenvalue weighted by Crippen LogP contribution is -2.38. The molecular weight excluding hydrogens is 168 g/mol. The number of nitrogens with one attached hydrogen (secondary N) is 2. The number of rotatable bonds is 6. The molecule has 4 nitrogen and oxygen atoms in total. The topological polar surface area (TPSA) is 61.4 Å². The normalized spacial score (nSPS) is 15.1. The van der Waals surface area contributed by atoms with Gasteiger partial charge in [0.25, 0.3) is 0 Å². The maximum atomic E-state index is 11.3. The average Bonchev–Trinajstić information content (AvgIpc) is 2.10. The van der Waals surface area contributed by atoms with Crippen molar-refractivity contribution >= 4 is 5.91 Å². The highest BCUT2D eigenvalue weighted by molar-refractivity contribution is 5.78. The number of aliphatic hydroxyl groups excluding tert-OH is 1. The lowest BCUT2D eigenvalue weighted by atomic mass is 10.1. The molecule has 3 N–H and O–H groups in total. The van der Waals surface area contributed by atoms with E-state index in [1.807, 2.05) is 13.8 Å². The molecule has 0 radical (unpaired) electrons. The van der Waals surface area contributed by atoms with Crippen LogP contribution < -0.4 is 10.6 Å². The molecule has 0 aromatic rings. The molecule has 0 bridgehead atoms. The van der Waals surface area contributed by atoms with E-state index in [2.05, 4.69) is 10.6 Å². The van der Waals surface area contributed by atoms with Crippen LogP contribution in [0.25, 0.3) is 0 Å². The molecule has 0 fully saturated rings. The molecule has 0 saturated carbocycles. The first-order chi connectivity index (χ1) is 6.07. The summed E-state index contributed by atoms with van der Waals surface area (Å²) in [6.45, 7) is 7.39. The Morgan fingerprint density at radius 2 is 2.00 bits per heavy atom. The molecule has 2 unspecified atom stereocenters. The molecule has 1 amide bonds. The molecule has 0 rings (SSSR count). The van der Waals surface area contributed by atoms with Crippen molar-refractivity contribution in [1.82, 2.24) is 10.6 Å². The second-order valence-corrected chi connectivity index (χ2v) is 3.30. The lowest BCUT2D eigenvalue weighted by Gasteiger charge is -2.13. The molecular formula is C9H20N2O2. The molecule has 0 aromatic carbocycles. The fourth-order valence-corrected chi connectivity index (χ4v) is 0.876. The van der Waals surface area contributed by atoms with E-state index in [9.17, 15) is 4.79 Å². The number of amides is 1. The summed E-state index contributed by atoms with van der Waals surface area (Å²) in [5.41, 5.74) is 0. The van der Waals surface area contributed by atoms with Gasteiger partial charge in [0.1, 0.15) is 0 Å². The molecule has 0 saturated heterocycles. The SMILES string of the molecule is CCNCC(C)C(=O)NCC(C)O. The maximum Gasteiger partial charge on any atom is 0.224 e. The predicted molar refractivity (Wildman–Crippen MR) is 52.4 cm³/mol. The summed E-state index contributed by atoms with van der Waals surface area (Å²) >= 11 is 0. The molecule has 0 spiro atoms. The van der Waals surface area contributed by atoms with Crippen LogP contribution in [0.2, 0.25) is 0 Å². The Hall–Kier alpha value is -0.610. The van der Waals surface area contributed by atoms with Crippen LogP contribution in [-0.4, -0.2) is 36.8 Å². The first-order valence-corrected chi connectivity index (χ1v) is 4.74. The second kappa shape index (κ2) is 6.86. The van der Waals surface area contributed by atoms with Gasteiger partial charge in [0, 0.05) is 19.0 Å². The number of hydrogen-bond donors (Lipinski definition) is 3. The van der Waals surface area contributed by atoms with E-state index in [4.69, 9.17) is 5.11 Å². The van der Waals surface area contributed by atoms with Crippen LogP contribution in [0, 0.1) is 5.92 Å². The first kappa shape index (κ1) is 12.4. The second-order valence-electron chi connectivity index (χ2n) is 3.30. The fraction of sp³-hybridized carbons (Fsp3) is 0.889. The summed E-state index contributed by atoms with van der Waals surface area (Å²) in [5, 5.41) is 14.7. The van der Waals surface area contributed by atoms with E-state index in [0.29, 0.717) is 13.1 Å². The highest BCUT2D eigenvalue weighted by atomic mass is 16.3. The van der Waals surface area contributed by atoms with Crippen molar-refractivity contribution in [1.29, 1.82) is 0 Å². The number of carbonyl (C=O) groups excluding carboxylic acids is 1. The lowest BCUT2D eigenvalue weighted by molar-refractivity contribution is -0.124. The van der Waals surface area contributed by atoms with E-state index in [-0.39, 0.29) is 11.8 Å². The van der Waals surface area contributed by atoms with Gasteiger partial charge in [-0.15, -0.1) is 0 Å². The number of hydrogen-bond acceptors (Lipinski definition) is 3. The van der Waals surface area contributed by atoms with E-state index < -0.39 is 6.10 Å². The number of carbonyl (C=O) groups is 1. The third-order valence-electron chi connectivity index (χ3n) is 1.72. The zero-order chi connectivity index (χ0) is 10.3. The van der Waals surface area contributed by atoms with E-state index in [0.717, 1.165) is 6.54 Å². The largest absolute Gasteiger partial charge is 0.392 e. The van der Waals surface area contributed by atoms with Gasteiger partial charge in [0.05, 0.1) is 6.10 Å². The van der Waals surface area contributed by atoms with Crippen LogP contribution in [0.1, 0.15) is 20.8 Å². The maximum absolute atomic E-state index is 11.3. The summed E-state index contributed by atoms with van der Waals surface area (Å²) < 4.78 is 0. The standard InChI is InChI=1S/C9H20N2O2/c1-4-10-5-7(2)9(13)11-6-8(3)12/h7-8,10,12H,4-6H2,1-3H3,(H,11,13). The molecule has 4 heteroatoms. The Morgan fingerprint density at radius 3 is 2.46 bits per heavy atom. The van der Waals surface area contributed by atoms with Gasteiger partial charge in [-0.25, -0.2) is 0 Å². The van der Waals surface area contributed by atoms with Gasteiger partial charge in [-0.3, -0.25) is 4.79 Å². The summed E-state index contributed by atoms with van der Waals surface area (Å²) in [4.78, 5) is 11.3. The molecule has 0 aliphatic rings. The highest BCUT2D eigenvalue weighted by Gasteiger charge is 2.11.